The van der Waals surface area contributed by atoms with Crippen LogP contribution in [0.4, 0.5) is 0 Å². The third-order valence-corrected chi connectivity index (χ3v) is 1.28. The van der Waals surface area contributed by atoms with Gasteiger partial charge in [0.1, 0.15) is 0 Å². The van der Waals surface area contributed by atoms with Crippen LogP contribution in [0.5, 0.6) is 0 Å². The molecule has 0 spiro atoms. The normalized spacial score (nSPS) is 11.5. The molecule has 0 aromatic carbocycles. The van der Waals surface area contributed by atoms with Crippen LogP contribution >= 0.6 is 0 Å². The summed E-state index contributed by atoms with van der Waals surface area (Å²) in [5, 5.41) is 1.88. The lowest BCUT2D eigenvalue weighted by atomic mass is 10.6. The lowest BCUT2D eigenvalue weighted by molar-refractivity contribution is -0.137. The zero-order valence-corrected chi connectivity index (χ0v) is 8.46. The van der Waals surface area contributed by atoms with Crippen molar-refractivity contribution in [1.29, 1.82) is 0 Å². The highest BCUT2D eigenvalue weighted by molar-refractivity contribution is 4.46. The minimum atomic E-state index is -0.137. The summed E-state index contributed by atoms with van der Waals surface area (Å²) >= 11 is 0. The van der Waals surface area contributed by atoms with Gasteiger partial charge < -0.3 is 9.47 Å². The summed E-state index contributed by atoms with van der Waals surface area (Å²) in [5.74, 6) is 0. The zero-order chi connectivity index (χ0) is 9.40. The van der Waals surface area contributed by atoms with E-state index in [1.807, 2.05) is 33.0 Å². The van der Waals surface area contributed by atoms with Crippen LogP contribution in [0.25, 0.3) is 0 Å². The Morgan fingerprint density at radius 1 is 1.17 bits per heavy atom. The Balaban J connectivity index is 3.48. The van der Waals surface area contributed by atoms with Gasteiger partial charge in [-0.3, -0.25) is 10.4 Å². The highest BCUT2D eigenvalue weighted by Crippen LogP contribution is 1.92. The van der Waals surface area contributed by atoms with Gasteiger partial charge in [-0.25, -0.2) is 0 Å². The molecule has 0 saturated heterocycles. The summed E-state index contributed by atoms with van der Waals surface area (Å²) < 4.78 is 10.6. The summed E-state index contributed by atoms with van der Waals surface area (Å²) in [4.78, 5) is 0. The van der Waals surface area contributed by atoms with E-state index in [9.17, 15) is 0 Å². The fraction of sp³-hybridized carbons (Fsp3) is 1.00. The highest BCUT2D eigenvalue weighted by Gasteiger charge is 2.06. The fourth-order valence-corrected chi connectivity index (χ4v) is 0.795. The molecule has 0 heterocycles. The number of hydrogen-bond donors (Lipinski definition) is 1. The SMILES string of the molecule is CCOC(CNN(C)C)OCC. The van der Waals surface area contributed by atoms with Gasteiger partial charge >= 0.3 is 0 Å². The monoisotopic (exact) mass is 176 g/mol. The van der Waals surface area contributed by atoms with Crippen molar-refractivity contribution in [2.45, 2.75) is 20.1 Å². The Morgan fingerprint density at radius 2 is 1.67 bits per heavy atom. The Hall–Kier alpha value is -0.160. The molecule has 74 valence electrons. The first kappa shape index (κ1) is 11.8. The molecule has 0 saturated carbocycles. The maximum absolute atomic E-state index is 5.32. The van der Waals surface area contributed by atoms with Gasteiger partial charge in [0.25, 0.3) is 0 Å². The second kappa shape index (κ2) is 7.49. The summed E-state index contributed by atoms with van der Waals surface area (Å²) in [6, 6.07) is 0. The average molecular weight is 176 g/mol. The van der Waals surface area contributed by atoms with Crippen LogP contribution in [0.1, 0.15) is 13.8 Å². The molecule has 0 rings (SSSR count). The molecule has 0 aromatic rings. The molecule has 0 aliphatic rings. The van der Waals surface area contributed by atoms with Gasteiger partial charge in [-0.15, -0.1) is 0 Å². The number of hydrazine groups is 1. The molecule has 0 atom stereocenters. The largest absolute Gasteiger partial charge is 0.352 e. The number of nitrogens with one attached hydrogen (secondary N) is 1. The summed E-state index contributed by atoms with van der Waals surface area (Å²) in [6.07, 6.45) is -0.137. The van der Waals surface area contributed by atoms with E-state index in [0.29, 0.717) is 19.8 Å². The van der Waals surface area contributed by atoms with Crippen LogP contribution in [0, 0.1) is 0 Å². The van der Waals surface area contributed by atoms with Crippen molar-refractivity contribution in [3.05, 3.63) is 0 Å². The van der Waals surface area contributed by atoms with Gasteiger partial charge in [-0.05, 0) is 13.8 Å². The van der Waals surface area contributed by atoms with Crippen LogP contribution in [0.15, 0.2) is 0 Å². The third kappa shape index (κ3) is 6.54. The highest BCUT2D eigenvalue weighted by atomic mass is 16.7. The van der Waals surface area contributed by atoms with E-state index < -0.39 is 0 Å². The maximum Gasteiger partial charge on any atom is 0.171 e. The topological polar surface area (TPSA) is 33.7 Å². The van der Waals surface area contributed by atoms with Crippen molar-refractivity contribution >= 4 is 0 Å². The lowest BCUT2D eigenvalue weighted by Crippen LogP contribution is -2.39. The van der Waals surface area contributed by atoms with E-state index in [4.69, 9.17) is 9.47 Å². The first-order valence-electron chi connectivity index (χ1n) is 4.34. The second-order valence-corrected chi connectivity index (χ2v) is 2.60. The van der Waals surface area contributed by atoms with E-state index in [2.05, 4.69) is 5.43 Å². The van der Waals surface area contributed by atoms with Crippen LogP contribution in [-0.4, -0.2) is 45.2 Å². The van der Waals surface area contributed by atoms with Crippen molar-refractivity contribution in [2.75, 3.05) is 33.9 Å². The molecule has 0 aliphatic carbocycles. The van der Waals surface area contributed by atoms with Crippen molar-refractivity contribution in [2.24, 2.45) is 0 Å². The molecule has 4 nitrogen and oxygen atoms in total. The number of rotatable bonds is 7. The van der Waals surface area contributed by atoms with Crippen molar-refractivity contribution in [3.8, 4) is 0 Å². The molecule has 0 radical (unpaired) electrons. The molecule has 0 amide bonds. The zero-order valence-electron chi connectivity index (χ0n) is 8.46. The van der Waals surface area contributed by atoms with Crippen molar-refractivity contribution in [3.63, 3.8) is 0 Å². The second-order valence-electron chi connectivity index (χ2n) is 2.60. The van der Waals surface area contributed by atoms with Gasteiger partial charge in [0.2, 0.25) is 0 Å². The molecular weight excluding hydrogens is 156 g/mol. The van der Waals surface area contributed by atoms with Crippen molar-refractivity contribution < 1.29 is 9.47 Å². The quantitative estimate of drug-likeness (QED) is 0.451. The number of nitrogens with zero attached hydrogens (tertiary/aromatic N) is 1. The molecule has 1 N–H and O–H groups in total. The van der Waals surface area contributed by atoms with Gasteiger partial charge in [-0.1, -0.05) is 0 Å². The van der Waals surface area contributed by atoms with E-state index in [-0.39, 0.29) is 6.29 Å². The predicted molar refractivity (Wildman–Crippen MR) is 48.7 cm³/mol. The molecule has 0 unspecified atom stereocenters. The minimum absolute atomic E-state index is 0.137. The van der Waals surface area contributed by atoms with Crippen LogP contribution in [-0.2, 0) is 9.47 Å². The lowest BCUT2D eigenvalue weighted by Gasteiger charge is -2.20. The molecular formula is C8H20N2O2. The maximum atomic E-state index is 5.32. The molecule has 4 heteroatoms. The van der Waals surface area contributed by atoms with Crippen molar-refractivity contribution in [1.82, 2.24) is 10.4 Å². The van der Waals surface area contributed by atoms with E-state index in [0.717, 1.165) is 0 Å². The van der Waals surface area contributed by atoms with Gasteiger partial charge in [-0.2, -0.15) is 0 Å². The first-order chi connectivity index (χ1) is 5.70. The minimum Gasteiger partial charge on any atom is -0.352 e. The molecule has 0 aliphatic heterocycles. The van der Waals surface area contributed by atoms with E-state index in [1.54, 1.807) is 0 Å². The Kier molecular flexibility index (Phi) is 7.39. The predicted octanol–water partition coefficient (Wildman–Crippen LogP) is 0.452. The number of ether oxygens (including phenoxy) is 2. The van der Waals surface area contributed by atoms with Crippen LogP contribution < -0.4 is 5.43 Å². The number of hydrogen-bond acceptors (Lipinski definition) is 4. The smallest absolute Gasteiger partial charge is 0.171 e. The average Bonchev–Trinajstić information content (AvgIpc) is 2.01. The summed E-state index contributed by atoms with van der Waals surface area (Å²) in [6.45, 7) is 5.97. The van der Waals surface area contributed by atoms with Gasteiger partial charge in [0.05, 0.1) is 6.54 Å². The molecule has 0 bridgehead atoms. The first-order valence-corrected chi connectivity index (χ1v) is 4.34. The Bertz CT molecular complexity index is 93.1. The molecule has 0 aromatic heterocycles. The van der Waals surface area contributed by atoms with Gasteiger partial charge in [0.15, 0.2) is 6.29 Å². The third-order valence-electron chi connectivity index (χ3n) is 1.28. The standard InChI is InChI=1S/C8H20N2O2/c1-5-11-8(12-6-2)7-9-10(3)4/h8-9H,5-7H2,1-4H3. The molecule has 12 heavy (non-hydrogen) atoms. The molecule has 0 fully saturated rings. The van der Waals surface area contributed by atoms with Crippen LogP contribution in [0.3, 0.4) is 0 Å². The summed E-state index contributed by atoms with van der Waals surface area (Å²) in [5.41, 5.74) is 3.10. The van der Waals surface area contributed by atoms with E-state index >= 15 is 0 Å². The fourth-order valence-electron chi connectivity index (χ4n) is 0.795. The Morgan fingerprint density at radius 3 is 2.00 bits per heavy atom. The Labute approximate surface area is 74.8 Å². The van der Waals surface area contributed by atoms with Crippen LogP contribution in [0.2, 0.25) is 0 Å². The summed E-state index contributed by atoms with van der Waals surface area (Å²) in [7, 11) is 3.88. The van der Waals surface area contributed by atoms with E-state index in [1.165, 1.54) is 0 Å². The van der Waals surface area contributed by atoms with Gasteiger partial charge in [0, 0.05) is 27.3 Å².